The Hall–Kier alpha value is -1.73. The predicted octanol–water partition coefficient (Wildman–Crippen LogP) is 2.38. The molecule has 1 aromatic heterocycles. The molecule has 7 heteroatoms. The summed E-state index contributed by atoms with van der Waals surface area (Å²) in [6, 6.07) is 6.71. The van der Waals surface area contributed by atoms with Crippen molar-refractivity contribution in [3.63, 3.8) is 0 Å². The third kappa shape index (κ3) is 3.39. The van der Waals surface area contributed by atoms with Crippen LogP contribution in [0.2, 0.25) is 0 Å². The third-order valence-electron chi connectivity index (χ3n) is 2.79. The van der Waals surface area contributed by atoms with Crippen LogP contribution in [0.1, 0.15) is 11.3 Å². The summed E-state index contributed by atoms with van der Waals surface area (Å²) < 4.78 is 2.54. The highest BCUT2D eigenvalue weighted by molar-refractivity contribution is 9.10. The molecule has 0 unspecified atom stereocenters. The van der Waals surface area contributed by atoms with E-state index in [9.17, 15) is 10.1 Å². The van der Waals surface area contributed by atoms with E-state index in [1.165, 1.54) is 12.1 Å². The van der Waals surface area contributed by atoms with Gasteiger partial charge in [0.15, 0.2) is 0 Å². The maximum Gasteiger partial charge on any atom is 0.270 e. The first kappa shape index (κ1) is 13.7. The zero-order valence-corrected chi connectivity index (χ0v) is 11.9. The fraction of sp³-hybridized carbons (Fsp3) is 0.250. The number of nitrogens with one attached hydrogen (secondary N) is 1. The van der Waals surface area contributed by atoms with Gasteiger partial charge in [-0.3, -0.25) is 14.8 Å². The lowest BCUT2D eigenvalue weighted by Gasteiger charge is -2.07. The van der Waals surface area contributed by atoms with Gasteiger partial charge in [0.1, 0.15) is 0 Å². The molecule has 0 aliphatic rings. The molecule has 1 aromatic carbocycles. The SMILES string of the molecule is Cn1nccc1CNCc1ccc([N+](=O)[O-])cc1Br. The van der Waals surface area contributed by atoms with Crippen molar-refractivity contribution in [3.05, 3.63) is 56.3 Å². The van der Waals surface area contributed by atoms with Crippen LogP contribution in [0.3, 0.4) is 0 Å². The molecule has 1 N–H and O–H groups in total. The van der Waals surface area contributed by atoms with Crippen molar-refractivity contribution in [3.8, 4) is 0 Å². The number of hydrogen-bond donors (Lipinski definition) is 1. The number of aromatic nitrogens is 2. The molecule has 2 aromatic rings. The second-order valence-electron chi connectivity index (χ2n) is 4.08. The zero-order valence-electron chi connectivity index (χ0n) is 10.3. The van der Waals surface area contributed by atoms with E-state index in [0.29, 0.717) is 13.1 Å². The Morgan fingerprint density at radius 3 is 2.79 bits per heavy atom. The summed E-state index contributed by atoms with van der Waals surface area (Å²) in [6.07, 6.45) is 1.75. The first-order chi connectivity index (χ1) is 9.08. The molecular weight excluding hydrogens is 312 g/mol. The number of benzene rings is 1. The van der Waals surface area contributed by atoms with Crippen LogP contribution in [0, 0.1) is 10.1 Å². The Labute approximate surface area is 118 Å². The van der Waals surface area contributed by atoms with Crippen molar-refractivity contribution in [2.45, 2.75) is 13.1 Å². The van der Waals surface area contributed by atoms with E-state index >= 15 is 0 Å². The molecule has 1 heterocycles. The van der Waals surface area contributed by atoms with Crippen LogP contribution in [0.25, 0.3) is 0 Å². The minimum Gasteiger partial charge on any atom is -0.307 e. The Morgan fingerprint density at radius 2 is 2.21 bits per heavy atom. The van der Waals surface area contributed by atoms with E-state index in [-0.39, 0.29) is 5.69 Å². The maximum atomic E-state index is 10.6. The Bertz CT molecular complexity index is 597. The van der Waals surface area contributed by atoms with E-state index < -0.39 is 4.92 Å². The van der Waals surface area contributed by atoms with Crippen LogP contribution >= 0.6 is 15.9 Å². The zero-order chi connectivity index (χ0) is 13.8. The molecule has 0 radical (unpaired) electrons. The van der Waals surface area contributed by atoms with Gasteiger partial charge in [-0.1, -0.05) is 15.9 Å². The van der Waals surface area contributed by atoms with Crippen LogP contribution in [-0.2, 0) is 20.1 Å². The number of non-ortho nitro benzene ring substituents is 1. The van der Waals surface area contributed by atoms with Gasteiger partial charge in [-0.2, -0.15) is 5.10 Å². The number of hydrogen-bond acceptors (Lipinski definition) is 4. The van der Waals surface area contributed by atoms with E-state index in [0.717, 1.165) is 15.7 Å². The minimum atomic E-state index is -0.405. The number of nitro benzene ring substituents is 1. The normalized spacial score (nSPS) is 10.6. The lowest BCUT2D eigenvalue weighted by molar-refractivity contribution is -0.384. The summed E-state index contributed by atoms with van der Waals surface area (Å²) in [6.45, 7) is 1.32. The Morgan fingerprint density at radius 1 is 1.42 bits per heavy atom. The fourth-order valence-corrected chi connectivity index (χ4v) is 2.20. The van der Waals surface area contributed by atoms with Gasteiger partial charge in [-0.25, -0.2) is 0 Å². The lowest BCUT2D eigenvalue weighted by atomic mass is 10.2. The maximum absolute atomic E-state index is 10.6. The number of nitro groups is 1. The van der Waals surface area contributed by atoms with Gasteiger partial charge in [0, 0.05) is 42.9 Å². The van der Waals surface area contributed by atoms with Gasteiger partial charge >= 0.3 is 0 Å². The predicted molar refractivity (Wildman–Crippen MR) is 74.5 cm³/mol. The molecule has 19 heavy (non-hydrogen) atoms. The average molecular weight is 325 g/mol. The average Bonchev–Trinajstić information content (AvgIpc) is 2.77. The summed E-state index contributed by atoms with van der Waals surface area (Å²) in [5.41, 5.74) is 2.15. The molecule has 0 fully saturated rings. The molecule has 6 nitrogen and oxygen atoms in total. The summed E-state index contributed by atoms with van der Waals surface area (Å²) in [7, 11) is 1.89. The van der Waals surface area contributed by atoms with Gasteiger partial charge in [0.2, 0.25) is 0 Å². The number of nitrogens with zero attached hydrogens (tertiary/aromatic N) is 3. The van der Waals surface area contributed by atoms with E-state index in [4.69, 9.17) is 0 Å². The summed E-state index contributed by atoms with van der Waals surface area (Å²) in [5, 5.41) is 18.0. The topological polar surface area (TPSA) is 73.0 Å². The van der Waals surface area contributed by atoms with Crippen LogP contribution < -0.4 is 5.32 Å². The molecule has 0 saturated carbocycles. The quantitative estimate of drug-likeness (QED) is 0.677. The van der Waals surface area contributed by atoms with Crippen LogP contribution in [0.4, 0.5) is 5.69 Å². The standard InChI is InChI=1S/C12H13BrN4O2/c1-16-11(4-5-15-16)8-14-7-9-2-3-10(17(18)19)6-12(9)13/h2-6,14H,7-8H2,1H3. The highest BCUT2D eigenvalue weighted by Gasteiger charge is 2.08. The number of aryl methyl sites for hydroxylation is 1. The van der Waals surface area contributed by atoms with E-state index in [1.54, 1.807) is 16.9 Å². The number of halogens is 1. The van der Waals surface area contributed by atoms with Gasteiger partial charge in [0.25, 0.3) is 5.69 Å². The second-order valence-corrected chi connectivity index (χ2v) is 4.94. The van der Waals surface area contributed by atoms with Gasteiger partial charge in [-0.15, -0.1) is 0 Å². The lowest BCUT2D eigenvalue weighted by Crippen LogP contribution is -2.15. The molecule has 100 valence electrons. The van der Waals surface area contributed by atoms with Crippen molar-refractivity contribution in [1.29, 1.82) is 0 Å². The summed E-state index contributed by atoms with van der Waals surface area (Å²) in [5.74, 6) is 0. The molecule has 0 bridgehead atoms. The van der Waals surface area contributed by atoms with Crippen molar-refractivity contribution in [2.24, 2.45) is 7.05 Å². The van der Waals surface area contributed by atoms with Crippen LogP contribution in [0.5, 0.6) is 0 Å². The monoisotopic (exact) mass is 324 g/mol. The Kier molecular flexibility index (Phi) is 4.28. The van der Waals surface area contributed by atoms with Crippen LogP contribution in [-0.4, -0.2) is 14.7 Å². The van der Waals surface area contributed by atoms with Crippen molar-refractivity contribution in [1.82, 2.24) is 15.1 Å². The highest BCUT2D eigenvalue weighted by atomic mass is 79.9. The third-order valence-corrected chi connectivity index (χ3v) is 3.53. The Balaban J connectivity index is 1.96. The first-order valence-corrected chi connectivity index (χ1v) is 6.47. The molecule has 0 aliphatic carbocycles. The fourth-order valence-electron chi connectivity index (χ4n) is 1.69. The molecule has 2 rings (SSSR count). The van der Waals surface area contributed by atoms with Gasteiger partial charge < -0.3 is 5.32 Å². The van der Waals surface area contributed by atoms with Gasteiger partial charge in [0.05, 0.1) is 10.6 Å². The molecule has 0 atom stereocenters. The van der Waals surface area contributed by atoms with Crippen molar-refractivity contribution < 1.29 is 4.92 Å². The van der Waals surface area contributed by atoms with Gasteiger partial charge in [-0.05, 0) is 17.7 Å². The van der Waals surface area contributed by atoms with Crippen molar-refractivity contribution in [2.75, 3.05) is 0 Å². The largest absolute Gasteiger partial charge is 0.307 e. The molecule has 0 amide bonds. The molecular formula is C12H13BrN4O2. The summed E-state index contributed by atoms with van der Waals surface area (Å²) in [4.78, 5) is 10.2. The smallest absolute Gasteiger partial charge is 0.270 e. The second kappa shape index (κ2) is 5.94. The van der Waals surface area contributed by atoms with E-state index in [1.807, 2.05) is 13.1 Å². The minimum absolute atomic E-state index is 0.0854. The first-order valence-electron chi connectivity index (χ1n) is 5.68. The van der Waals surface area contributed by atoms with E-state index in [2.05, 4.69) is 26.3 Å². The summed E-state index contributed by atoms with van der Waals surface area (Å²) >= 11 is 3.35. The highest BCUT2D eigenvalue weighted by Crippen LogP contribution is 2.22. The number of rotatable bonds is 5. The molecule has 0 saturated heterocycles. The van der Waals surface area contributed by atoms with Crippen LogP contribution in [0.15, 0.2) is 34.9 Å². The molecule has 0 aliphatic heterocycles. The van der Waals surface area contributed by atoms with Crippen molar-refractivity contribution >= 4 is 21.6 Å². The molecule has 0 spiro atoms.